The maximum absolute atomic E-state index is 11.0. The van der Waals surface area contributed by atoms with E-state index in [4.69, 9.17) is 17.3 Å². The molecule has 3 nitrogen and oxygen atoms in total. The van der Waals surface area contributed by atoms with E-state index < -0.39 is 12.0 Å². The van der Waals surface area contributed by atoms with Crippen LogP contribution in [-0.2, 0) is 9.53 Å². The number of halogens is 1. The van der Waals surface area contributed by atoms with E-state index in [1.54, 1.807) is 24.3 Å². The fourth-order valence-electron chi connectivity index (χ4n) is 0.933. The van der Waals surface area contributed by atoms with Crippen molar-refractivity contribution in [3.05, 3.63) is 34.9 Å². The van der Waals surface area contributed by atoms with Crippen LogP contribution < -0.4 is 5.73 Å². The minimum atomic E-state index is -0.734. The van der Waals surface area contributed by atoms with Crippen molar-refractivity contribution < 1.29 is 9.53 Å². The zero-order valence-electron chi connectivity index (χ0n) is 7.16. The smallest absolute Gasteiger partial charge is 0.327 e. The average Bonchev–Trinajstić information content (AvgIpc) is 2.17. The molecule has 0 amide bonds. The first-order valence-electron chi connectivity index (χ1n) is 3.74. The molecule has 1 aromatic carbocycles. The fraction of sp³-hybridized carbons (Fsp3) is 0.222. The van der Waals surface area contributed by atoms with Crippen LogP contribution in [0.25, 0.3) is 0 Å². The molecule has 0 aliphatic carbocycles. The Balaban J connectivity index is 2.83. The molecule has 0 saturated carbocycles. The molecule has 0 bridgehead atoms. The predicted octanol–water partition coefficient (Wildman–Crippen LogP) is 1.51. The summed E-state index contributed by atoms with van der Waals surface area (Å²) in [5.74, 6) is -0.456. The van der Waals surface area contributed by atoms with Gasteiger partial charge in [0.2, 0.25) is 0 Å². The molecule has 0 saturated heterocycles. The molecule has 0 fully saturated rings. The Hall–Kier alpha value is -1.06. The highest BCUT2D eigenvalue weighted by Crippen LogP contribution is 2.15. The highest BCUT2D eigenvalue weighted by molar-refractivity contribution is 6.30. The van der Waals surface area contributed by atoms with Crippen LogP contribution in [0.4, 0.5) is 0 Å². The monoisotopic (exact) mass is 199 g/mol. The lowest BCUT2D eigenvalue weighted by Gasteiger charge is -2.08. The Kier molecular flexibility index (Phi) is 3.28. The van der Waals surface area contributed by atoms with E-state index in [9.17, 15) is 4.79 Å². The molecule has 2 N–H and O–H groups in total. The van der Waals surface area contributed by atoms with Crippen LogP contribution in [0.2, 0.25) is 5.02 Å². The van der Waals surface area contributed by atoms with Gasteiger partial charge in [-0.1, -0.05) is 23.7 Å². The molecule has 1 aromatic rings. The summed E-state index contributed by atoms with van der Waals surface area (Å²) >= 11 is 5.67. The van der Waals surface area contributed by atoms with Crippen molar-refractivity contribution in [2.24, 2.45) is 5.73 Å². The SMILES string of the molecule is COC(=O)[C@@H](N)c1ccc(Cl)cc1. The number of esters is 1. The summed E-state index contributed by atoms with van der Waals surface area (Å²) in [6.45, 7) is 0. The second kappa shape index (κ2) is 4.25. The summed E-state index contributed by atoms with van der Waals surface area (Å²) < 4.78 is 4.50. The topological polar surface area (TPSA) is 52.3 Å². The quantitative estimate of drug-likeness (QED) is 0.735. The van der Waals surface area contributed by atoms with Gasteiger partial charge in [0.15, 0.2) is 0 Å². The molecular weight excluding hydrogens is 190 g/mol. The Morgan fingerprint density at radius 2 is 2.00 bits per heavy atom. The number of hydrogen-bond donors (Lipinski definition) is 1. The Morgan fingerprint density at radius 3 is 2.46 bits per heavy atom. The van der Waals surface area contributed by atoms with Gasteiger partial charge in [0.05, 0.1) is 7.11 Å². The van der Waals surface area contributed by atoms with Gasteiger partial charge in [-0.25, -0.2) is 0 Å². The molecule has 1 rings (SSSR count). The molecule has 0 unspecified atom stereocenters. The Morgan fingerprint density at radius 1 is 1.46 bits per heavy atom. The van der Waals surface area contributed by atoms with E-state index in [1.165, 1.54) is 7.11 Å². The van der Waals surface area contributed by atoms with Gasteiger partial charge in [0.25, 0.3) is 0 Å². The molecular formula is C9H10ClNO2. The van der Waals surface area contributed by atoms with Crippen molar-refractivity contribution in [3.8, 4) is 0 Å². The third-order valence-electron chi connectivity index (χ3n) is 1.68. The second-order valence-corrected chi connectivity index (χ2v) is 2.99. The molecule has 70 valence electrons. The molecule has 0 heterocycles. The minimum absolute atomic E-state index is 0.456. The van der Waals surface area contributed by atoms with Crippen LogP contribution in [0.15, 0.2) is 24.3 Å². The van der Waals surface area contributed by atoms with E-state index >= 15 is 0 Å². The highest BCUT2D eigenvalue weighted by atomic mass is 35.5. The Labute approximate surface area is 81.4 Å². The zero-order chi connectivity index (χ0) is 9.84. The van der Waals surface area contributed by atoms with Crippen molar-refractivity contribution >= 4 is 17.6 Å². The normalized spacial score (nSPS) is 12.2. The van der Waals surface area contributed by atoms with Gasteiger partial charge >= 0.3 is 5.97 Å². The van der Waals surface area contributed by atoms with Gasteiger partial charge in [-0.2, -0.15) is 0 Å². The van der Waals surface area contributed by atoms with E-state index in [-0.39, 0.29) is 0 Å². The number of nitrogens with two attached hydrogens (primary N) is 1. The lowest BCUT2D eigenvalue weighted by atomic mass is 10.1. The van der Waals surface area contributed by atoms with Crippen molar-refractivity contribution in [2.75, 3.05) is 7.11 Å². The standard InChI is InChI=1S/C9H10ClNO2/c1-13-9(12)8(11)6-2-4-7(10)5-3-6/h2-5,8H,11H2,1H3/t8-/m0/s1. The average molecular weight is 200 g/mol. The number of ether oxygens (including phenoxy) is 1. The summed E-state index contributed by atoms with van der Waals surface area (Å²) in [7, 11) is 1.30. The molecule has 0 spiro atoms. The zero-order valence-corrected chi connectivity index (χ0v) is 7.91. The van der Waals surface area contributed by atoms with Crippen LogP contribution in [-0.4, -0.2) is 13.1 Å². The molecule has 4 heteroatoms. The third kappa shape index (κ3) is 2.44. The van der Waals surface area contributed by atoms with E-state index in [0.717, 1.165) is 0 Å². The highest BCUT2D eigenvalue weighted by Gasteiger charge is 2.15. The minimum Gasteiger partial charge on any atom is -0.468 e. The van der Waals surface area contributed by atoms with Gasteiger partial charge in [0.1, 0.15) is 6.04 Å². The van der Waals surface area contributed by atoms with Crippen LogP contribution in [0.3, 0.4) is 0 Å². The van der Waals surface area contributed by atoms with Gasteiger partial charge in [0, 0.05) is 5.02 Å². The maximum atomic E-state index is 11.0. The predicted molar refractivity (Wildman–Crippen MR) is 50.4 cm³/mol. The van der Waals surface area contributed by atoms with Gasteiger partial charge in [-0.15, -0.1) is 0 Å². The van der Waals surface area contributed by atoms with Gasteiger partial charge < -0.3 is 10.5 Å². The number of hydrogen-bond acceptors (Lipinski definition) is 3. The van der Waals surface area contributed by atoms with E-state index in [0.29, 0.717) is 10.6 Å². The fourth-order valence-corrected chi connectivity index (χ4v) is 1.06. The molecule has 0 aliphatic rings. The van der Waals surface area contributed by atoms with Gasteiger partial charge in [-0.3, -0.25) is 4.79 Å². The van der Waals surface area contributed by atoms with Crippen molar-refractivity contribution in [3.63, 3.8) is 0 Å². The summed E-state index contributed by atoms with van der Waals surface area (Å²) in [4.78, 5) is 11.0. The van der Waals surface area contributed by atoms with Crippen LogP contribution >= 0.6 is 11.6 Å². The number of carbonyl (C=O) groups excluding carboxylic acids is 1. The molecule has 13 heavy (non-hydrogen) atoms. The van der Waals surface area contributed by atoms with Crippen LogP contribution in [0, 0.1) is 0 Å². The maximum Gasteiger partial charge on any atom is 0.327 e. The number of carbonyl (C=O) groups is 1. The van der Waals surface area contributed by atoms with Gasteiger partial charge in [-0.05, 0) is 17.7 Å². The third-order valence-corrected chi connectivity index (χ3v) is 1.94. The largest absolute Gasteiger partial charge is 0.468 e. The van der Waals surface area contributed by atoms with E-state index in [2.05, 4.69) is 4.74 Å². The summed E-state index contributed by atoms with van der Waals surface area (Å²) in [6, 6.07) is 6.02. The molecule has 0 aromatic heterocycles. The van der Waals surface area contributed by atoms with Crippen molar-refractivity contribution in [2.45, 2.75) is 6.04 Å². The first kappa shape index (κ1) is 10.0. The van der Waals surface area contributed by atoms with Crippen LogP contribution in [0.1, 0.15) is 11.6 Å². The summed E-state index contributed by atoms with van der Waals surface area (Å²) in [6.07, 6.45) is 0. The second-order valence-electron chi connectivity index (χ2n) is 2.55. The summed E-state index contributed by atoms with van der Waals surface area (Å²) in [5.41, 5.74) is 6.27. The number of rotatable bonds is 2. The Bertz CT molecular complexity index is 297. The molecule has 0 aliphatic heterocycles. The number of methoxy groups -OCH3 is 1. The van der Waals surface area contributed by atoms with E-state index in [1.807, 2.05) is 0 Å². The van der Waals surface area contributed by atoms with Crippen molar-refractivity contribution in [1.82, 2.24) is 0 Å². The lowest BCUT2D eigenvalue weighted by Crippen LogP contribution is -2.22. The first-order valence-corrected chi connectivity index (χ1v) is 4.12. The molecule has 0 radical (unpaired) electrons. The lowest BCUT2D eigenvalue weighted by molar-refractivity contribution is -0.142. The molecule has 1 atom stereocenters. The van der Waals surface area contributed by atoms with Crippen molar-refractivity contribution in [1.29, 1.82) is 0 Å². The van der Waals surface area contributed by atoms with Crippen LogP contribution in [0.5, 0.6) is 0 Å². The summed E-state index contributed by atoms with van der Waals surface area (Å²) in [5, 5.41) is 0.612. The first-order chi connectivity index (χ1) is 6.15. The number of benzene rings is 1.